The Morgan fingerprint density at radius 1 is 1.25 bits per heavy atom. The maximum atomic E-state index is 13.5. The zero-order valence-corrected chi connectivity index (χ0v) is 12.3. The first-order chi connectivity index (χ1) is 9.65. The number of hydrogen-bond donors (Lipinski definition) is 1. The van der Waals surface area contributed by atoms with Crippen molar-refractivity contribution in [2.75, 3.05) is 0 Å². The van der Waals surface area contributed by atoms with Gasteiger partial charge in [-0.05, 0) is 39.2 Å². The van der Waals surface area contributed by atoms with Crippen molar-refractivity contribution in [3.8, 4) is 5.75 Å². The van der Waals surface area contributed by atoms with Crippen LogP contribution in [0.4, 0.5) is 4.39 Å². The molecule has 1 N–H and O–H groups in total. The number of para-hydroxylation sites is 1. The number of fused-ring (bicyclic) bond motifs is 1. The molecule has 2 unspecified atom stereocenters. The largest absolute Gasteiger partial charge is 0.487 e. The minimum Gasteiger partial charge on any atom is -0.487 e. The van der Waals surface area contributed by atoms with Crippen LogP contribution in [0.3, 0.4) is 0 Å². The molecule has 0 fully saturated rings. The molecule has 0 amide bonds. The van der Waals surface area contributed by atoms with E-state index in [1.54, 1.807) is 12.1 Å². The summed E-state index contributed by atoms with van der Waals surface area (Å²) in [6, 6.07) is 12.6. The summed E-state index contributed by atoms with van der Waals surface area (Å²) in [6.45, 7) is 0. The zero-order valence-electron chi connectivity index (χ0n) is 10.7. The molecule has 2 aromatic carbocycles. The molecule has 0 radical (unpaired) electrons. The number of aliphatic hydroxyl groups excluding tert-OH is 1. The van der Waals surface area contributed by atoms with Gasteiger partial charge in [0.25, 0.3) is 0 Å². The lowest BCUT2D eigenvalue weighted by Gasteiger charge is -2.18. The van der Waals surface area contributed by atoms with E-state index in [1.807, 2.05) is 24.3 Å². The summed E-state index contributed by atoms with van der Waals surface area (Å²) >= 11 is 3.22. The molecule has 0 saturated carbocycles. The van der Waals surface area contributed by atoms with E-state index in [-0.39, 0.29) is 11.9 Å². The lowest BCUT2D eigenvalue weighted by molar-refractivity contribution is 0.0501. The summed E-state index contributed by atoms with van der Waals surface area (Å²) < 4.78 is 19.6. The number of ether oxygens (including phenoxy) is 1. The van der Waals surface area contributed by atoms with Gasteiger partial charge in [0.1, 0.15) is 17.7 Å². The molecule has 1 heterocycles. The van der Waals surface area contributed by atoms with E-state index in [0.29, 0.717) is 17.3 Å². The maximum Gasteiger partial charge on any atom is 0.137 e. The molecule has 2 atom stereocenters. The Kier molecular flexibility index (Phi) is 3.76. The minimum atomic E-state index is -0.666. The smallest absolute Gasteiger partial charge is 0.137 e. The highest BCUT2D eigenvalue weighted by Gasteiger charge is 2.29. The van der Waals surface area contributed by atoms with Crippen LogP contribution in [0.1, 0.15) is 11.1 Å². The highest BCUT2D eigenvalue weighted by molar-refractivity contribution is 9.10. The third-order valence-corrected chi connectivity index (χ3v) is 4.45. The molecule has 4 heteroatoms. The first kappa shape index (κ1) is 13.6. The van der Waals surface area contributed by atoms with E-state index in [0.717, 1.165) is 16.9 Å². The molecule has 104 valence electrons. The van der Waals surface area contributed by atoms with Crippen LogP contribution < -0.4 is 4.74 Å². The highest BCUT2D eigenvalue weighted by Crippen LogP contribution is 2.31. The van der Waals surface area contributed by atoms with Gasteiger partial charge in [-0.1, -0.05) is 30.3 Å². The van der Waals surface area contributed by atoms with Gasteiger partial charge in [0.2, 0.25) is 0 Å². The average molecular weight is 337 g/mol. The van der Waals surface area contributed by atoms with Gasteiger partial charge in [0, 0.05) is 12.8 Å². The second-order valence-corrected chi connectivity index (χ2v) is 5.75. The van der Waals surface area contributed by atoms with Crippen LogP contribution >= 0.6 is 15.9 Å². The van der Waals surface area contributed by atoms with Crippen molar-refractivity contribution in [2.24, 2.45) is 0 Å². The minimum absolute atomic E-state index is 0.275. The molecule has 1 aliphatic rings. The Morgan fingerprint density at radius 2 is 2.05 bits per heavy atom. The fourth-order valence-corrected chi connectivity index (χ4v) is 2.91. The van der Waals surface area contributed by atoms with Crippen molar-refractivity contribution in [2.45, 2.75) is 25.0 Å². The lowest BCUT2D eigenvalue weighted by Crippen LogP contribution is -2.32. The molecule has 1 aliphatic heterocycles. The first-order valence-corrected chi connectivity index (χ1v) is 7.30. The van der Waals surface area contributed by atoms with Gasteiger partial charge in [-0.3, -0.25) is 0 Å². The molecule has 2 aromatic rings. The Hall–Kier alpha value is -1.39. The van der Waals surface area contributed by atoms with Gasteiger partial charge in [-0.15, -0.1) is 0 Å². The topological polar surface area (TPSA) is 29.5 Å². The van der Waals surface area contributed by atoms with Gasteiger partial charge in [0.05, 0.1) is 10.6 Å². The van der Waals surface area contributed by atoms with Crippen molar-refractivity contribution in [3.63, 3.8) is 0 Å². The van der Waals surface area contributed by atoms with Gasteiger partial charge in [-0.25, -0.2) is 4.39 Å². The SMILES string of the molecule is OC(Cc1cccc(F)c1Br)C1Cc2ccccc2O1. The van der Waals surface area contributed by atoms with Crippen LogP contribution in [0.5, 0.6) is 5.75 Å². The van der Waals surface area contributed by atoms with E-state index in [4.69, 9.17) is 4.74 Å². The van der Waals surface area contributed by atoms with E-state index in [1.165, 1.54) is 6.07 Å². The number of hydrogen-bond acceptors (Lipinski definition) is 2. The molecule has 0 aromatic heterocycles. The van der Waals surface area contributed by atoms with Crippen LogP contribution in [0.25, 0.3) is 0 Å². The molecule has 0 saturated heterocycles. The summed E-state index contributed by atoms with van der Waals surface area (Å²) in [5.41, 5.74) is 1.85. The number of halogens is 2. The van der Waals surface area contributed by atoms with Gasteiger partial charge >= 0.3 is 0 Å². The second-order valence-electron chi connectivity index (χ2n) is 4.95. The Balaban J connectivity index is 1.72. The Labute approximate surface area is 125 Å². The van der Waals surface area contributed by atoms with Crippen LogP contribution in [0.2, 0.25) is 0 Å². The summed E-state index contributed by atoms with van der Waals surface area (Å²) in [7, 11) is 0. The van der Waals surface area contributed by atoms with Crippen LogP contribution in [-0.2, 0) is 12.8 Å². The van der Waals surface area contributed by atoms with Gasteiger partial charge in [-0.2, -0.15) is 0 Å². The summed E-state index contributed by atoms with van der Waals surface area (Å²) in [5, 5.41) is 10.3. The fourth-order valence-electron chi connectivity index (χ4n) is 2.49. The number of rotatable bonds is 3. The predicted octanol–water partition coefficient (Wildman–Crippen LogP) is 3.50. The standard InChI is InChI=1S/C16H14BrFO2/c17-16-11(5-3-6-12(16)18)8-13(19)15-9-10-4-1-2-7-14(10)20-15/h1-7,13,15,19H,8-9H2. The van der Waals surface area contributed by atoms with Crippen LogP contribution in [0.15, 0.2) is 46.9 Å². The van der Waals surface area contributed by atoms with Gasteiger partial charge < -0.3 is 9.84 Å². The first-order valence-electron chi connectivity index (χ1n) is 6.50. The Bertz CT molecular complexity index is 605. The molecule has 2 nitrogen and oxygen atoms in total. The molecular formula is C16H14BrFO2. The third kappa shape index (κ3) is 2.58. The van der Waals surface area contributed by atoms with E-state index >= 15 is 0 Å². The highest BCUT2D eigenvalue weighted by atomic mass is 79.9. The molecule has 0 aliphatic carbocycles. The fraction of sp³-hybridized carbons (Fsp3) is 0.250. The molecular weight excluding hydrogens is 323 g/mol. The van der Waals surface area contributed by atoms with Crippen LogP contribution in [-0.4, -0.2) is 17.3 Å². The van der Waals surface area contributed by atoms with Crippen molar-refractivity contribution >= 4 is 15.9 Å². The third-order valence-electron chi connectivity index (χ3n) is 3.56. The quantitative estimate of drug-likeness (QED) is 0.929. The molecule has 20 heavy (non-hydrogen) atoms. The lowest BCUT2D eigenvalue weighted by atomic mass is 10.0. The van der Waals surface area contributed by atoms with E-state index < -0.39 is 6.10 Å². The van der Waals surface area contributed by atoms with Crippen molar-refractivity contribution in [1.29, 1.82) is 0 Å². The number of aliphatic hydroxyl groups is 1. The summed E-state index contributed by atoms with van der Waals surface area (Å²) in [4.78, 5) is 0. The van der Waals surface area contributed by atoms with Crippen molar-refractivity contribution in [3.05, 3.63) is 63.9 Å². The molecule has 3 rings (SSSR count). The summed E-state index contributed by atoms with van der Waals surface area (Å²) in [5.74, 6) is 0.514. The van der Waals surface area contributed by atoms with E-state index in [9.17, 15) is 9.50 Å². The average Bonchev–Trinajstić information content (AvgIpc) is 2.88. The predicted molar refractivity (Wildman–Crippen MR) is 78.4 cm³/mol. The van der Waals surface area contributed by atoms with Crippen molar-refractivity contribution < 1.29 is 14.2 Å². The van der Waals surface area contributed by atoms with Crippen LogP contribution in [0, 0.1) is 5.82 Å². The zero-order chi connectivity index (χ0) is 14.1. The molecule has 0 spiro atoms. The van der Waals surface area contributed by atoms with Gasteiger partial charge in [0.15, 0.2) is 0 Å². The van der Waals surface area contributed by atoms with E-state index in [2.05, 4.69) is 15.9 Å². The normalized spacial score (nSPS) is 18.4. The van der Waals surface area contributed by atoms with Crippen molar-refractivity contribution in [1.82, 2.24) is 0 Å². The monoisotopic (exact) mass is 336 g/mol. The summed E-state index contributed by atoms with van der Waals surface area (Å²) in [6.07, 6.45) is 0.101. The number of benzene rings is 2. The Morgan fingerprint density at radius 3 is 2.85 bits per heavy atom. The molecule has 0 bridgehead atoms. The maximum absolute atomic E-state index is 13.5. The second kappa shape index (κ2) is 5.54.